The van der Waals surface area contributed by atoms with Gasteiger partial charge in [-0.1, -0.05) is 57.3 Å². The number of hydrogen-bond donors (Lipinski definition) is 1. The summed E-state index contributed by atoms with van der Waals surface area (Å²) in [6.45, 7) is 9.48. The van der Waals surface area contributed by atoms with Crippen LogP contribution in [0.15, 0.2) is 24.3 Å². The van der Waals surface area contributed by atoms with Gasteiger partial charge in [0.05, 0.1) is 0 Å². The molecule has 0 bridgehead atoms. The van der Waals surface area contributed by atoms with Crippen molar-refractivity contribution >= 4 is 11.6 Å². The van der Waals surface area contributed by atoms with Gasteiger partial charge in [0, 0.05) is 17.1 Å². The third kappa shape index (κ3) is 5.00. The van der Waals surface area contributed by atoms with Gasteiger partial charge in [0.25, 0.3) is 0 Å². The zero-order valence-electron chi connectivity index (χ0n) is 14.0. The van der Waals surface area contributed by atoms with Gasteiger partial charge in [-0.15, -0.1) is 0 Å². The lowest BCUT2D eigenvalue weighted by molar-refractivity contribution is 0.124. The molecule has 0 heterocycles. The van der Waals surface area contributed by atoms with E-state index >= 15 is 0 Å². The highest BCUT2D eigenvalue weighted by atomic mass is 35.5. The maximum Gasteiger partial charge on any atom is 0.0406 e. The molecule has 118 valence electrons. The molecule has 0 amide bonds. The van der Waals surface area contributed by atoms with Crippen LogP contribution in [0.25, 0.3) is 0 Å². The molecule has 1 saturated carbocycles. The van der Waals surface area contributed by atoms with Crippen molar-refractivity contribution in [2.75, 3.05) is 0 Å². The highest BCUT2D eigenvalue weighted by molar-refractivity contribution is 6.30. The summed E-state index contributed by atoms with van der Waals surface area (Å²) in [4.78, 5) is 0. The smallest absolute Gasteiger partial charge is 0.0406 e. The fourth-order valence-corrected chi connectivity index (χ4v) is 3.89. The summed E-state index contributed by atoms with van der Waals surface area (Å²) in [6.07, 6.45) is 6.54. The highest BCUT2D eigenvalue weighted by Gasteiger charge is 2.34. The van der Waals surface area contributed by atoms with Gasteiger partial charge in [0.2, 0.25) is 0 Å². The van der Waals surface area contributed by atoms with E-state index in [4.69, 9.17) is 11.6 Å². The van der Waals surface area contributed by atoms with Gasteiger partial charge in [-0.05, 0) is 55.2 Å². The Morgan fingerprint density at radius 3 is 2.38 bits per heavy atom. The third-order valence-corrected chi connectivity index (χ3v) is 5.08. The van der Waals surface area contributed by atoms with Crippen LogP contribution in [0, 0.1) is 11.3 Å². The molecule has 1 aromatic rings. The maximum absolute atomic E-state index is 5.96. The molecule has 1 N–H and O–H groups in total. The predicted molar refractivity (Wildman–Crippen MR) is 93.0 cm³/mol. The van der Waals surface area contributed by atoms with Crippen LogP contribution in [-0.2, 0) is 6.42 Å². The van der Waals surface area contributed by atoms with Gasteiger partial charge in [0.1, 0.15) is 0 Å². The summed E-state index contributed by atoms with van der Waals surface area (Å²) in [5, 5.41) is 4.72. The molecule has 1 aliphatic rings. The van der Waals surface area contributed by atoms with E-state index in [1.54, 1.807) is 0 Å². The Bertz CT molecular complexity index is 432. The highest BCUT2D eigenvalue weighted by Crippen LogP contribution is 2.38. The van der Waals surface area contributed by atoms with E-state index in [0.717, 1.165) is 17.4 Å². The van der Waals surface area contributed by atoms with E-state index in [-0.39, 0.29) is 0 Å². The van der Waals surface area contributed by atoms with Crippen molar-refractivity contribution in [3.63, 3.8) is 0 Å². The predicted octanol–water partition coefficient (Wildman–Crippen LogP) is 5.47. The van der Waals surface area contributed by atoms with Gasteiger partial charge in [-0.2, -0.15) is 0 Å². The van der Waals surface area contributed by atoms with Gasteiger partial charge in [0.15, 0.2) is 0 Å². The first-order valence-electron chi connectivity index (χ1n) is 8.37. The molecule has 1 nitrogen and oxygen atoms in total. The van der Waals surface area contributed by atoms with Gasteiger partial charge in [-0.25, -0.2) is 0 Å². The zero-order valence-corrected chi connectivity index (χ0v) is 14.7. The fraction of sp³-hybridized carbons (Fsp3) is 0.684. The minimum absolute atomic E-state index is 0.401. The van der Waals surface area contributed by atoms with Crippen LogP contribution in [0.1, 0.15) is 58.9 Å². The average molecular weight is 308 g/mol. The molecule has 0 spiro atoms. The molecule has 0 aromatic heterocycles. The van der Waals surface area contributed by atoms with Crippen molar-refractivity contribution < 1.29 is 0 Å². The van der Waals surface area contributed by atoms with Gasteiger partial charge >= 0.3 is 0 Å². The SMILES string of the molecule is CC(Cc1ccc(Cl)cc1)NC1CCCCC1C(C)(C)C. The Balaban J connectivity index is 1.93. The molecule has 0 saturated heterocycles. The van der Waals surface area contributed by atoms with E-state index in [0.29, 0.717) is 17.5 Å². The average Bonchev–Trinajstić information content (AvgIpc) is 2.41. The van der Waals surface area contributed by atoms with E-state index in [1.165, 1.54) is 31.2 Å². The van der Waals surface area contributed by atoms with Crippen LogP contribution in [0.2, 0.25) is 5.02 Å². The quantitative estimate of drug-likeness (QED) is 0.778. The molecule has 1 aromatic carbocycles. The van der Waals surface area contributed by atoms with Gasteiger partial charge in [-0.3, -0.25) is 0 Å². The lowest BCUT2D eigenvalue weighted by Gasteiger charge is -2.42. The van der Waals surface area contributed by atoms with Crippen molar-refractivity contribution in [1.82, 2.24) is 5.32 Å². The van der Waals surface area contributed by atoms with Crippen molar-refractivity contribution in [1.29, 1.82) is 0 Å². The lowest BCUT2D eigenvalue weighted by atomic mass is 9.69. The minimum atomic E-state index is 0.401. The summed E-state index contributed by atoms with van der Waals surface area (Å²) in [5.41, 5.74) is 1.76. The molecule has 3 unspecified atom stereocenters. The Hall–Kier alpha value is -0.530. The fourth-order valence-electron chi connectivity index (χ4n) is 3.77. The van der Waals surface area contributed by atoms with Crippen molar-refractivity contribution in [2.45, 2.75) is 71.9 Å². The molecule has 2 rings (SSSR count). The van der Waals surface area contributed by atoms with Crippen LogP contribution in [0.5, 0.6) is 0 Å². The normalized spacial score (nSPS) is 24.8. The van der Waals surface area contributed by atoms with Gasteiger partial charge < -0.3 is 5.32 Å². The van der Waals surface area contributed by atoms with Crippen molar-refractivity contribution in [2.24, 2.45) is 11.3 Å². The largest absolute Gasteiger partial charge is 0.311 e. The van der Waals surface area contributed by atoms with E-state index in [2.05, 4.69) is 45.1 Å². The summed E-state index contributed by atoms with van der Waals surface area (Å²) < 4.78 is 0. The maximum atomic E-state index is 5.96. The minimum Gasteiger partial charge on any atom is -0.311 e. The first-order chi connectivity index (χ1) is 9.86. The number of benzene rings is 1. The molecule has 3 atom stereocenters. The number of nitrogens with one attached hydrogen (secondary N) is 1. The van der Waals surface area contributed by atoms with Crippen molar-refractivity contribution in [3.05, 3.63) is 34.9 Å². The molecule has 1 aliphatic carbocycles. The molecule has 21 heavy (non-hydrogen) atoms. The second-order valence-electron chi connectivity index (χ2n) is 7.76. The molecular weight excluding hydrogens is 278 g/mol. The van der Waals surface area contributed by atoms with Crippen LogP contribution in [-0.4, -0.2) is 12.1 Å². The Morgan fingerprint density at radius 1 is 1.14 bits per heavy atom. The second kappa shape index (κ2) is 7.15. The summed E-state index contributed by atoms with van der Waals surface area (Å²) in [7, 11) is 0. The first kappa shape index (κ1) is 16.8. The van der Waals surface area contributed by atoms with Crippen LogP contribution in [0.4, 0.5) is 0 Å². The number of halogens is 1. The topological polar surface area (TPSA) is 12.0 Å². The molecule has 0 radical (unpaired) electrons. The second-order valence-corrected chi connectivity index (χ2v) is 8.20. The number of hydrogen-bond acceptors (Lipinski definition) is 1. The molecule has 2 heteroatoms. The monoisotopic (exact) mass is 307 g/mol. The first-order valence-corrected chi connectivity index (χ1v) is 8.74. The van der Waals surface area contributed by atoms with Crippen LogP contribution in [0.3, 0.4) is 0 Å². The molecule has 0 aliphatic heterocycles. The Morgan fingerprint density at radius 2 is 1.76 bits per heavy atom. The third-order valence-electron chi connectivity index (χ3n) is 4.83. The van der Waals surface area contributed by atoms with Crippen molar-refractivity contribution in [3.8, 4) is 0 Å². The zero-order chi connectivity index (χ0) is 15.5. The van der Waals surface area contributed by atoms with E-state index in [9.17, 15) is 0 Å². The standard InChI is InChI=1S/C19H30ClN/c1-14(13-15-9-11-16(20)12-10-15)21-18-8-6-5-7-17(18)19(2,3)4/h9-12,14,17-18,21H,5-8,13H2,1-4H3. The van der Waals surface area contributed by atoms with Crippen LogP contribution < -0.4 is 5.32 Å². The lowest BCUT2D eigenvalue weighted by Crippen LogP contribution is -2.48. The Kier molecular flexibility index (Phi) is 5.73. The summed E-state index contributed by atoms with van der Waals surface area (Å²) >= 11 is 5.96. The Labute approximate surface area is 135 Å². The molecular formula is C19H30ClN. The van der Waals surface area contributed by atoms with E-state index in [1.807, 2.05) is 12.1 Å². The summed E-state index contributed by atoms with van der Waals surface area (Å²) in [6, 6.07) is 9.44. The molecule has 1 fully saturated rings. The summed E-state index contributed by atoms with van der Waals surface area (Å²) in [5.74, 6) is 0.791. The van der Waals surface area contributed by atoms with Crippen LogP contribution >= 0.6 is 11.6 Å². The number of rotatable bonds is 4. The van der Waals surface area contributed by atoms with E-state index < -0.39 is 0 Å².